The summed E-state index contributed by atoms with van der Waals surface area (Å²) >= 11 is 0. The number of esters is 1. The standard InChI is InChI=1S/C15H20O7/c1-18-12(16)9-7-14(19-2)11-8(5-6-22-11)10(9)15(20-3,21-4)13(14)17/h7-8,10-11H,5-6H2,1-4H3/t8-,10-,11-,14+/m1/s1. The number of methoxy groups -OCH3 is 4. The van der Waals surface area contributed by atoms with Gasteiger partial charge in [0.2, 0.25) is 11.6 Å². The molecule has 0 unspecified atom stereocenters. The SMILES string of the molecule is COC(=O)C1=C[C@@]2(OC)C(=O)C(OC)(OC)[C@@H]1[C@H]1CCO[C@H]12. The molecular formula is C15H20O7. The number of rotatable bonds is 4. The van der Waals surface area contributed by atoms with Crippen LogP contribution < -0.4 is 0 Å². The van der Waals surface area contributed by atoms with Crippen LogP contribution in [0.1, 0.15) is 6.42 Å². The maximum atomic E-state index is 13.1. The van der Waals surface area contributed by atoms with E-state index in [0.717, 1.165) is 0 Å². The predicted molar refractivity (Wildman–Crippen MR) is 72.9 cm³/mol. The molecule has 22 heavy (non-hydrogen) atoms. The largest absolute Gasteiger partial charge is 0.466 e. The third-order valence-electron chi connectivity index (χ3n) is 5.14. The molecule has 122 valence electrons. The van der Waals surface area contributed by atoms with Gasteiger partial charge in [-0.3, -0.25) is 4.79 Å². The fourth-order valence-corrected chi connectivity index (χ4v) is 4.21. The smallest absolute Gasteiger partial charge is 0.334 e. The van der Waals surface area contributed by atoms with Gasteiger partial charge in [-0.1, -0.05) is 0 Å². The fraction of sp³-hybridized carbons (Fsp3) is 0.733. The summed E-state index contributed by atoms with van der Waals surface area (Å²) in [5.74, 6) is -3.15. The minimum absolute atomic E-state index is 0.114. The van der Waals surface area contributed by atoms with Crippen molar-refractivity contribution in [2.45, 2.75) is 23.9 Å². The molecule has 1 saturated carbocycles. The molecule has 0 spiro atoms. The number of fused-ring (bicyclic) bond motifs is 1. The first-order valence-electron chi connectivity index (χ1n) is 7.15. The lowest BCUT2D eigenvalue weighted by Gasteiger charge is -2.56. The van der Waals surface area contributed by atoms with Crippen molar-refractivity contribution in [1.82, 2.24) is 0 Å². The van der Waals surface area contributed by atoms with E-state index in [9.17, 15) is 9.59 Å². The van der Waals surface area contributed by atoms with Crippen molar-refractivity contribution in [2.75, 3.05) is 35.0 Å². The van der Waals surface area contributed by atoms with E-state index in [1.807, 2.05) is 0 Å². The van der Waals surface area contributed by atoms with E-state index in [1.165, 1.54) is 34.5 Å². The first-order chi connectivity index (χ1) is 10.5. The monoisotopic (exact) mass is 312 g/mol. The number of ether oxygens (including phenoxy) is 5. The molecule has 4 rings (SSSR count). The summed E-state index contributed by atoms with van der Waals surface area (Å²) in [7, 11) is 5.51. The van der Waals surface area contributed by atoms with Crippen LogP contribution >= 0.6 is 0 Å². The molecule has 0 amide bonds. The number of carbonyl (C=O) groups is 2. The molecule has 4 aliphatic rings. The Morgan fingerprint density at radius 3 is 2.45 bits per heavy atom. The zero-order valence-corrected chi connectivity index (χ0v) is 13.1. The van der Waals surface area contributed by atoms with Gasteiger partial charge in [-0.25, -0.2) is 4.79 Å². The van der Waals surface area contributed by atoms with E-state index in [-0.39, 0.29) is 11.7 Å². The first kappa shape index (κ1) is 15.6. The second kappa shape index (κ2) is 5.13. The third kappa shape index (κ3) is 1.59. The summed E-state index contributed by atoms with van der Waals surface area (Å²) in [4.78, 5) is 25.3. The summed E-state index contributed by atoms with van der Waals surface area (Å²) < 4.78 is 27.1. The summed E-state index contributed by atoms with van der Waals surface area (Å²) in [6, 6.07) is 0. The Bertz CT molecular complexity index is 536. The molecule has 0 radical (unpaired) electrons. The number of ketones is 1. The van der Waals surface area contributed by atoms with Crippen molar-refractivity contribution >= 4 is 11.8 Å². The molecule has 3 aliphatic carbocycles. The predicted octanol–water partition coefficient (Wildman–Crippen LogP) is 0.0777. The second-order valence-electron chi connectivity index (χ2n) is 5.71. The maximum Gasteiger partial charge on any atom is 0.334 e. The van der Waals surface area contributed by atoms with Gasteiger partial charge in [-0.05, 0) is 12.5 Å². The van der Waals surface area contributed by atoms with Gasteiger partial charge in [-0.2, -0.15) is 0 Å². The second-order valence-corrected chi connectivity index (χ2v) is 5.71. The Kier molecular flexibility index (Phi) is 3.64. The highest BCUT2D eigenvalue weighted by Gasteiger charge is 2.73. The Hall–Kier alpha value is -1.28. The Morgan fingerprint density at radius 2 is 1.91 bits per heavy atom. The van der Waals surface area contributed by atoms with Crippen LogP contribution in [0.2, 0.25) is 0 Å². The quantitative estimate of drug-likeness (QED) is 0.537. The van der Waals surface area contributed by atoms with Gasteiger partial charge >= 0.3 is 5.97 Å². The van der Waals surface area contributed by atoms with Gasteiger partial charge in [0.1, 0.15) is 6.10 Å². The molecule has 0 aromatic rings. The van der Waals surface area contributed by atoms with Gasteiger partial charge in [-0.15, -0.1) is 0 Å². The van der Waals surface area contributed by atoms with E-state index in [4.69, 9.17) is 23.7 Å². The van der Waals surface area contributed by atoms with Gasteiger partial charge in [0.05, 0.1) is 13.0 Å². The lowest BCUT2D eigenvalue weighted by atomic mass is 9.57. The number of hydrogen-bond acceptors (Lipinski definition) is 7. The van der Waals surface area contributed by atoms with Crippen LogP contribution in [0.5, 0.6) is 0 Å². The number of carbonyl (C=O) groups excluding carboxylic acids is 2. The van der Waals surface area contributed by atoms with Crippen molar-refractivity contribution in [3.8, 4) is 0 Å². The van der Waals surface area contributed by atoms with E-state index >= 15 is 0 Å². The average Bonchev–Trinajstić information content (AvgIpc) is 3.05. The van der Waals surface area contributed by atoms with E-state index in [2.05, 4.69) is 0 Å². The van der Waals surface area contributed by atoms with Gasteiger partial charge in [0.15, 0.2) is 5.60 Å². The average molecular weight is 312 g/mol. The van der Waals surface area contributed by atoms with Crippen LogP contribution in [0.15, 0.2) is 11.6 Å². The highest BCUT2D eigenvalue weighted by atomic mass is 16.7. The minimum atomic E-state index is -1.57. The van der Waals surface area contributed by atoms with Crippen LogP contribution in [0, 0.1) is 11.8 Å². The van der Waals surface area contributed by atoms with Gasteiger partial charge < -0.3 is 23.7 Å². The molecule has 1 heterocycles. The summed E-state index contributed by atoms with van der Waals surface area (Å²) in [5, 5.41) is 0. The molecule has 7 nitrogen and oxygen atoms in total. The molecule has 1 saturated heterocycles. The Morgan fingerprint density at radius 1 is 1.23 bits per heavy atom. The molecule has 7 heteroatoms. The molecule has 0 N–H and O–H groups in total. The van der Waals surface area contributed by atoms with Crippen LogP contribution in [0.4, 0.5) is 0 Å². The van der Waals surface area contributed by atoms with Crippen LogP contribution in [0.3, 0.4) is 0 Å². The zero-order valence-electron chi connectivity index (χ0n) is 13.1. The minimum Gasteiger partial charge on any atom is -0.466 e. The molecule has 2 fully saturated rings. The van der Waals surface area contributed by atoms with Crippen LogP contribution in [0.25, 0.3) is 0 Å². The number of hydrogen-bond donors (Lipinski definition) is 0. The van der Waals surface area contributed by atoms with Crippen molar-refractivity contribution in [1.29, 1.82) is 0 Å². The molecule has 2 bridgehead atoms. The van der Waals surface area contributed by atoms with Crippen molar-refractivity contribution in [3.63, 3.8) is 0 Å². The van der Waals surface area contributed by atoms with Crippen molar-refractivity contribution < 1.29 is 33.3 Å². The normalized spacial score (nSPS) is 38.6. The van der Waals surface area contributed by atoms with Gasteiger partial charge in [0.25, 0.3) is 0 Å². The Balaban J connectivity index is 2.25. The summed E-state index contributed by atoms with van der Waals surface area (Å²) in [5.41, 5.74) is -1.05. The lowest BCUT2D eigenvalue weighted by Crippen LogP contribution is -2.74. The topological polar surface area (TPSA) is 80.3 Å². The van der Waals surface area contributed by atoms with Crippen molar-refractivity contribution in [2.24, 2.45) is 11.8 Å². The highest BCUT2D eigenvalue weighted by Crippen LogP contribution is 2.57. The van der Waals surface area contributed by atoms with Crippen molar-refractivity contribution in [3.05, 3.63) is 11.6 Å². The van der Waals surface area contributed by atoms with Gasteiger partial charge in [0, 0.05) is 39.4 Å². The maximum absolute atomic E-state index is 13.1. The molecule has 4 atom stereocenters. The fourth-order valence-electron chi connectivity index (χ4n) is 4.21. The summed E-state index contributed by atoms with van der Waals surface area (Å²) in [6.45, 7) is 0.496. The van der Waals surface area contributed by atoms with E-state index in [1.54, 1.807) is 0 Å². The molecular weight excluding hydrogens is 292 g/mol. The van der Waals surface area contributed by atoms with Crippen LogP contribution in [-0.4, -0.2) is 64.3 Å². The van der Waals surface area contributed by atoms with Crippen LogP contribution in [-0.2, 0) is 33.3 Å². The zero-order chi connectivity index (χ0) is 16.1. The molecule has 0 aromatic heterocycles. The first-order valence-corrected chi connectivity index (χ1v) is 7.15. The Labute approximate surface area is 128 Å². The lowest BCUT2D eigenvalue weighted by molar-refractivity contribution is -0.273. The van der Waals surface area contributed by atoms with E-state index in [0.29, 0.717) is 18.6 Å². The molecule has 1 aliphatic heterocycles. The highest BCUT2D eigenvalue weighted by molar-refractivity contribution is 6.04. The number of Topliss-reactive ketones (excluding diaryl/α,β-unsaturated/α-hetero) is 1. The van der Waals surface area contributed by atoms with E-state index < -0.39 is 29.4 Å². The summed E-state index contributed by atoms with van der Waals surface area (Å²) in [6.07, 6.45) is 1.77. The third-order valence-corrected chi connectivity index (χ3v) is 5.14. The molecule has 0 aromatic carbocycles.